The van der Waals surface area contributed by atoms with Crippen LogP contribution in [0.2, 0.25) is 0 Å². The topological polar surface area (TPSA) is 24.4 Å². The van der Waals surface area contributed by atoms with E-state index in [9.17, 15) is 0 Å². The first-order chi connectivity index (χ1) is 6.11. The second-order valence-corrected chi connectivity index (χ2v) is 4.61. The molecule has 2 unspecified atom stereocenters. The Bertz CT molecular complexity index is 185. The highest BCUT2D eigenvalue weighted by Gasteiger charge is 2.16. The van der Waals surface area contributed by atoms with Crippen LogP contribution in [0.15, 0.2) is 5.10 Å². The molecule has 1 aliphatic rings. The molecule has 76 valence electrons. The molecule has 2 atom stereocenters. The summed E-state index contributed by atoms with van der Waals surface area (Å²) in [5, 5.41) is 4.43. The maximum Gasteiger partial charge on any atom is 0.0403 e. The zero-order valence-electron chi connectivity index (χ0n) is 9.30. The van der Waals surface area contributed by atoms with Gasteiger partial charge in [-0.15, -0.1) is 0 Å². The normalized spacial score (nSPS) is 34.4. The van der Waals surface area contributed by atoms with Crippen LogP contribution in [0.1, 0.15) is 40.5 Å². The average Bonchev–Trinajstić information content (AvgIpc) is 2.06. The van der Waals surface area contributed by atoms with Crippen LogP contribution in [0.3, 0.4) is 0 Å². The number of rotatable bonds is 1. The van der Waals surface area contributed by atoms with Crippen LogP contribution in [-0.4, -0.2) is 12.3 Å². The van der Waals surface area contributed by atoms with Crippen molar-refractivity contribution in [3.8, 4) is 0 Å². The average molecular weight is 182 g/mol. The summed E-state index contributed by atoms with van der Waals surface area (Å²) in [7, 11) is 0. The fourth-order valence-electron chi connectivity index (χ4n) is 1.63. The third-order valence-corrected chi connectivity index (χ3v) is 3.13. The molecule has 0 radical (unpaired) electrons. The van der Waals surface area contributed by atoms with Gasteiger partial charge >= 0.3 is 0 Å². The van der Waals surface area contributed by atoms with Crippen LogP contribution < -0.4 is 5.43 Å². The van der Waals surface area contributed by atoms with Gasteiger partial charge in [0.05, 0.1) is 0 Å². The molecular formula is C11H22N2. The van der Waals surface area contributed by atoms with Crippen LogP contribution in [0, 0.1) is 17.8 Å². The molecule has 0 spiro atoms. The monoisotopic (exact) mass is 182 g/mol. The molecule has 1 heterocycles. The summed E-state index contributed by atoms with van der Waals surface area (Å²) in [5.74, 6) is 2.15. The Morgan fingerprint density at radius 2 is 2.00 bits per heavy atom. The first-order valence-corrected chi connectivity index (χ1v) is 5.40. The molecule has 2 heteroatoms. The maximum atomic E-state index is 4.43. The molecule has 0 aromatic rings. The molecule has 0 aromatic carbocycles. The maximum absolute atomic E-state index is 4.43. The summed E-state index contributed by atoms with van der Waals surface area (Å²) in [6.45, 7) is 10.1. The van der Waals surface area contributed by atoms with Crippen LogP contribution >= 0.6 is 0 Å². The second-order valence-electron chi connectivity index (χ2n) is 4.61. The summed E-state index contributed by atoms with van der Waals surface area (Å²) in [6, 6.07) is 0. The van der Waals surface area contributed by atoms with Gasteiger partial charge in [0.1, 0.15) is 0 Å². The summed E-state index contributed by atoms with van der Waals surface area (Å²) in [5.41, 5.74) is 4.52. The van der Waals surface area contributed by atoms with Gasteiger partial charge in [0.2, 0.25) is 0 Å². The number of nitrogens with zero attached hydrogens (tertiary/aromatic N) is 1. The highest BCUT2D eigenvalue weighted by Crippen LogP contribution is 2.19. The van der Waals surface area contributed by atoms with Crippen LogP contribution in [-0.2, 0) is 0 Å². The second kappa shape index (κ2) is 4.64. The SMILES string of the molecule is CC(C)/C1=N/NCC(C)C(C)CC1. The van der Waals surface area contributed by atoms with Gasteiger partial charge in [0.15, 0.2) is 0 Å². The molecule has 0 saturated heterocycles. The lowest BCUT2D eigenvalue weighted by Gasteiger charge is -2.24. The van der Waals surface area contributed by atoms with E-state index in [1.54, 1.807) is 0 Å². The van der Waals surface area contributed by atoms with Gasteiger partial charge in [-0.2, -0.15) is 5.10 Å². The van der Waals surface area contributed by atoms with Gasteiger partial charge in [-0.05, 0) is 30.6 Å². The lowest BCUT2D eigenvalue weighted by atomic mass is 9.88. The fourth-order valence-corrected chi connectivity index (χ4v) is 1.63. The Morgan fingerprint density at radius 3 is 2.62 bits per heavy atom. The summed E-state index contributed by atoms with van der Waals surface area (Å²) < 4.78 is 0. The summed E-state index contributed by atoms with van der Waals surface area (Å²) in [6.07, 6.45) is 2.45. The lowest BCUT2D eigenvalue weighted by molar-refractivity contribution is 0.345. The quantitative estimate of drug-likeness (QED) is 0.662. The molecular weight excluding hydrogens is 160 g/mol. The van der Waals surface area contributed by atoms with Crippen LogP contribution in [0.4, 0.5) is 0 Å². The van der Waals surface area contributed by atoms with Crippen molar-refractivity contribution in [3.63, 3.8) is 0 Å². The number of hydrazone groups is 1. The van der Waals surface area contributed by atoms with E-state index < -0.39 is 0 Å². The third kappa shape index (κ3) is 3.02. The van der Waals surface area contributed by atoms with Crippen molar-refractivity contribution in [2.45, 2.75) is 40.5 Å². The molecule has 0 aromatic heterocycles. The molecule has 1 rings (SSSR count). The highest BCUT2D eigenvalue weighted by molar-refractivity contribution is 5.86. The Balaban J connectivity index is 2.57. The minimum atomic E-state index is 0.591. The predicted molar refractivity (Wildman–Crippen MR) is 57.8 cm³/mol. The van der Waals surface area contributed by atoms with Gasteiger partial charge in [-0.3, -0.25) is 0 Å². The molecule has 0 fully saturated rings. The minimum absolute atomic E-state index is 0.591. The largest absolute Gasteiger partial charge is 0.310 e. The van der Waals surface area contributed by atoms with Crippen molar-refractivity contribution < 1.29 is 0 Å². The lowest BCUT2D eigenvalue weighted by Crippen LogP contribution is -2.27. The van der Waals surface area contributed by atoms with E-state index in [-0.39, 0.29) is 0 Å². The molecule has 0 saturated carbocycles. The van der Waals surface area contributed by atoms with Crippen molar-refractivity contribution in [1.29, 1.82) is 0 Å². The van der Waals surface area contributed by atoms with E-state index in [1.807, 2.05) is 0 Å². The smallest absolute Gasteiger partial charge is 0.0403 e. The molecule has 1 N–H and O–H groups in total. The van der Waals surface area contributed by atoms with Crippen molar-refractivity contribution >= 4 is 5.71 Å². The molecule has 0 amide bonds. The Hall–Kier alpha value is -0.530. The van der Waals surface area contributed by atoms with E-state index in [0.717, 1.165) is 24.8 Å². The highest BCUT2D eigenvalue weighted by atomic mass is 15.3. The van der Waals surface area contributed by atoms with Gasteiger partial charge in [0.25, 0.3) is 0 Å². The van der Waals surface area contributed by atoms with Gasteiger partial charge in [0, 0.05) is 12.3 Å². The van der Waals surface area contributed by atoms with Gasteiger partial charge in [-0.1, -0.05) is 27.7 Å². The predicted octanol–water partition coefficient (Wildman–Crippen LogP) is 2.65. The third-order valence-electron chi connectivity index (χ3n) is 3.13. The van der Waals surface area contributed by atoms with Gasteiger partial charge < -0.3 is 5.43 Å². The molecule has 13 heavy (non-hydrogen) atoms. The Labute approximate surface area is 81.8 Å². The van der Waals surface area contributed by atoms with Crippen LogP contribution in [0.25, 0.3) is 0 Å². The molecule has 0 aliphatic carbocycles. The van der Waals surface area contributed by atoms with Crippen molar-refractivity contribution in [2.24, 2.45) is 22.9 Å². The summed E-state index contributed by atoms with van der Waals surface area (Å²) >= 11 is 0. The van der Waals surface area contributed by atoms with Crippen molar-refractivity contribution in [3.05, 3.63) is 0 Å². The van der Waals surface area contributed by atoms with Crippen molar-refractivity contribution in [2.75, 3.05) is 6.54 Å². The van der Waals surface area contributed by atoms with E-state index in [1.165, 1.54) is 12.1 Å². The Morgan fingerprint density at radius 1 is 1.31 bits per heavy atom. The van der Waals surface area contributed by atoms with E-state index in [4.69, 9.17) is 0 Å². The van der Waals surface area contributed by atoms with Gasteiger partial charge in [-0.25, -0.2) is 0 Å². The van der Waals surface area contributed by atoms with E-state index in [2.05, 4.69) is 38.2 Å². The number of hydrogen-bond acceptors (Lipinski definition) is 2. The molecule has 1 aliphatic heterocycles. The van der Waals surface area contributed by atoms with Crippen molar-refractivity contribution in [1.82, 2.24) is 5.43 Å². The Kier molecular flexibility index (Phi) is 3.76. The number of hydrogen-bond donors (Lipinski definition) is 1. The molecule has 2 nitrogen and oxygen atoms in total. The number of nitrogens with one attached hydrogen (secondary N) is 1. The zero-order chi connectivity index (χ0) is 9.84. The van der Waals surface area contributed by atoms with E-state index in [0.29, 0.717) is 5.92 Å². The van der Waals surface area contributed by atoms with Crippen LogP contribution in [0.5, 0.6) is 0 Å². The fraction of sp³-hybridized carbons (Fsp3) is 0.909. The first-order valence-electron chi connectivity index (χ1n) is 5.40. The standard InChI is InChI=1S/C11H22N2/c1-8(2)11-6-5-9(3)10(4)7-12-13-11/h8-10,12H,5-7H2,1-4H3/b13-11+. The van der Waals surface area contributed by atoms with E-state index >= 15 is 0 Å². The zero-order valence-corrected chi connectivity index (χ0v) is 9.30. The minimum Gasteiger partial charge on any atom is -0.310 e. The first kappa shape index (κ1) is 10.6. The summed E-state index contributed by atoms with van der Waals surface area (Å²) in [4.78, 5) is 0. The molecule has 0 bridgehead atoms.